The Labute approximate surface area is 103 Å². The molecule has 0 amide bonds. The summed E-state index contributed by atoms with van der Waals surface area (Å²) in [5, 5.41) is 17.8. The predicted molar refractivity (Wildman–Crippen MR) is 35.6 cm³/mol. The molecule has 0 aromatic carbocycles. The van der Waals surface area contributed by atoms with E-state index in [1.165, 1.54) is 0 Å². The number of hydrogen-bond donors (Lipinski definition) is 0. The molecule has 0 bridgehead atoms. The van der Waals surface area contributed by atoms with Crippen molar-refractivity contribution < 1.29 is 63.2 Å². The summed E-state index contributed by atoms with van der Waals surface area (Å²) in [5.74, 6) is -2.17. The van der Waals surface area contributed by atoms with Crippen molar-refractivity contribution in [3.05, 3.63) is 0 Å². The number of carbonyl (C=O) groups is 2. The van der Waals surface area contributed by atoms with E-state index in [9.17, 15) is 26.3 Å². The normalized spacial score (nSPS) is 7.18. The number of carboxylic acid groups (broad SMARTS) is 2. The maximum atomic E-state index is 9.67. The molecule has 0 rings (SSSR count). The molecule has 0 saturated carbocycles. The van der Waals surface area contributed by atoms with E-state index in [0.29, 0.717) is 0 Å². The number of hydrogen-bond acceptors (Lipinski definition) is 4. The van der Waals surface area contributed by atoms with E-state index in [1.807, 2.05) is 0 Å². The number of rotatable bonds is 0. The minimum Gasteiger partial charge on any atom is -0.550 e. The monoisotopic (exact) mass is 321 g/mol. The van der Waals surface area contributed by atoms with E-state index in [1.54, 1.807) is 0 Å². The summed E-state index contributed by atoms with van der Waals surface area (Å²) in [6, 6.07) is 0. The molecule has 109 valence electrons. The SMILES string of the molecule is CC(=O)[O-].CC(=O)[O-].FC(F)F.FC(F)F.[Cu+2]. The second-order valence-electron chi connectivity index (χ2n) is 1.48. The largest absolute Gasteiger partial charge is 2.00 e. The Morgan fingerprint density at radius 3 is 0.765 bits per heavy atom. The average Bonchev–Trinajstić information content (AvgIpc) is 1.76. The van der Waals surface area contributed by atoms with E-state index in [0.717, 1.165) is 13.8 Å². The predicted octanol–water partition coefficient (Wildman–Crippen LogP) is -0.133. The molecule has 0 fully saturated rings. The van der Waals surface area contributed by atoms with E-state index >= 15 is 0 Å². The molecular weight excluding hydrogens is 314 g/mol. The molecule has 0 aliphatic rings. The van der Waals surface area contributed by atoms with Crippen LogP contribution < -0.4 is 10.2 Å². The third kappa shape index (κ3) is 2770. The number of aliphatic carboxylic acids is 2. The summed E-state index contributed by atoms with van der Waals surface area (Å²) in [4.78, 5) is 17.8. The number of halogens is 6. The molecule has 1 radical (unpaired) electrons. The fourth-order valence-corrected chi connectivity index (χ4v) is 0. The van der Waals surface area contributed by atoms with Gasteiger partial charge in [-0.2, -0.15) is 26.3 Å². The van der Waals surface area contributed by atoms with Gasteiger partial charge in [-0.1, -0.05) is 0 Å². The fraction of sp³-hybridized carbons (Fsp3) is 0.667. The Morgan fingerprint density at radius 1 is 0.765 bits per heavy atom. The van der Waals surface area contributed by atoms with Crippen LogP contribution >= 0.6 is 0 Å². The Hall–Kier alpha value is -0.961. The van der Waals surface area contributed by atoms with E-state index in [4.69, 9.17) is 19.8 Å². The van der Waals surface area contributed by atoms with Crippen molar-refractivity contribution in [1.82, 2.24) is 0 Å². The van der Waals surface area contributed by atoms with Crippen LogP contribution in [0.2, 0.25) is 0 Å². The molecule has 0 saturated heterocycles. The summed E-state index contributed by atoms with van der Waals surface area (Å²) >= 11 is 0. The van der Waals surface area contributed by atoms with E-state index < -0.39 is 25.3 Å². The zero-order valence-corrected chi connectivity index (χ0v) is 9.30. The average molecular weight is 322 g/mol. The number of carboxylic acids is 2. The van der Waals surface area contributed by atoms with Crippen LogP contribution in [0.4, 0.5) is 26.3 Å². The maximum Gasteiger partial charge on any atom is 2.00 e. The quantitative estimate of drug-likeness (QED) is 0.460. The minimum absolute atomic E-state index is 0. The van der Waals surface area contributed by atoms with Crippen molar-refractivity contribution in [2.75, 3.05) is 0 Å². The molecule has 0 N–H and O–H groups in total. The van der Waals surface area contributed by atoms with Gasteiger partial charge in [0, 0.05) is 11.9 Å². The Morgan fingerprint density at radius 2 is 0.765 bits per heavy atom. The molecule has 0 aliphatic heterocycles. The van der Waals surface area contributed by atoms with Gasteiger partial charge in [0.05, 0.1) is 0 Å². The standard InChI is InChI=1S/2C2H4O2.2CHF3.Cu/c2*1-2(3)4;2*2-1(3)4;/h2*1H3,(H,3,4);2*1H;/q;;;;+2/p-2. The third-order valence-electron chi connectivity index (χ3n) is 0. The molecular formula is C6H8CuF6O4. The first-order chi connectivity index (χ1) is 6.93. The van der Waals surface area contributed by atoms with Gasteiger partial charge < -0.3 is 19.8 Å². The zero-order chi connectivity index (χ0) is 14.3. The van der Waals surface area contributed by atoms with Gasteiger partial charge in [0.15, 0.2) is 0 Å². The van der Waals surface area contributed by atoms with Crippen molar-refractivity contribution >= 4 is 11.9 Å². The molecule has 4 nitrogen and oxygen atoms in total. The molecule has 0 heterocycles. The minimum atomic E-state index is -3.67. The van der Waals surface area contributed by atoms with Crippen LogP contribution in [0.3, 0.4) is 0 Å². The van der Waals surface area contributed by atoms with Gasteiger partial charge in [-0.15, -0.1) is 0 Å². The molecule has 17 heavy (non-hydrogen) atoms. The van der Waals surface area contributed by atoms with E-state index in [-0.39, 0.29) is 17.1 Å². The van der Waals surface area contributed by atoms with Crippen LogP contribution in [-0.4, -0.2) is 25.3 Å². The summed E-state index contributed by atoms with van der Waals surface area (Å²) in [6.45, 7) is -5.39. The Bertz CT molecular complexity index is 137. The Kier molecular flexibility index (Phi) is 42.6. The summed E-state index contributed by atoms with van der Waals surface area (Å²) < 4.78 is 58.0. The molecule has 0 spiro atoms. The van der Waals surface area contributed by atoms with Crippen LogP contribution in [-0.2, 0) is 26.7 Å². The fourth-order valence-electron chi connectivity index (χ4n) is 0. The van der Waals surface area contributed by atoms with Crippen LogP contribution in [0.15, 0.2) is 0 Å². The first-order valence-corrected chi connectivity index (χ1v) is 3.13. The maximum absolute atomic E-state index is 9.67. The van der Waals surface area contributed by atoms with Crippen LogP contribution in [0.5, 0.6) is 0 Å². The van der Waals surface area contributed by atoms with Crippen molar-refractivity contribution in [3.63, 3.8) is 0 Å². The topological polar surface area (TPSA) is 80.3 Å². The van der Waals surface area contributed by atoms with Crippen molar-refractivity contribution in [3.8, 4) is 0 Å². The van der Waals surface area contributed by atoms with Gasteiger partial charge in [-0.05, 0) is 13.8 Å². The number of alkyl halides is 6. The molecule has 0 aliphatic carbocycles. The van der Waals surface area contributed by atoms with Crippen LogP contribution in [0.25, 0.3) is 0 Å². The van der Waals surface area contributed by atoms with Crippen molar-refractivity contribution in [2.24, 2.45) is 0 Å². The van der Waals surface area contributed by atoms with Gasteiger partial charge in [0.1, 0.15) is 0 Å². The smallest absolute Gasteiger partial charge is 0.550 e. The molecule has 11 heteroatoms. The van der Waals surface area contributed by atoms with E-state index in [2.05, 4.69) is 0 Å². The zero-order valence-electron chi connectivity index (χ0n) is 8.36. The molecule has 0 atom stereocenters. The number of carbonyl (C=O) groups excluding carboxylic acids is 2. The second kappa shape index (κ2) is 24.3. The third-order valence-corrected chi connectivity index (χ3v) is 0. The first kappa shape index (κ1) is 29.8. The summed E-state index contributed by atoms with van der Waals surface area (Å²) in [7, 11) is 0. The molecule has 0 aromatic rings. The van der Waals surface area contributed by atoms with Gasteiger partial charge in [-0.3, -0.25) is 0 Å². The first-order valence-electron chi connectivity index (χ1n) is 3.13. The van der Waals surface area contributed by atoms with Crippen molar-refractivity contribution in [1.29, 1.82) is 0 Å². The van der Waals surface area contributed by atoms with Crippen molar-refractivity contribution in [2.45, 2.75) is 27.2 Å². The van der Waals surface area contributed by atoms with Crippen LogP contribution in [0.1, 0.15) is 13.8 Å². The van der Waals surface area contributed by atoms with Gasteiger partial charge in [0.2, 0.25) is 0 Å². The summed E-state index contributed by atoms with van der Waals surface area (Å²) in [6.07, 6.45) is 0. The van der Waals surface area contributed by atoms with Crippen LogP contribution in [0, 0.1) is 0 Å². The second-order valence-corrected chi connectivity index (χ2v) is 1.48. The molecule has 0 unspecified atom stereocenters. The van der Waals surface area contributed by atoms with Gasteiger partial charge in [0.25, 0.3) is 0 Å². The Balaban J connectivity index is -0.0000000369. The molecule has 0 aromatic heterocycles. The van der Waals surface area contributed by atoms with Gasteiger partial charge in [-0.25, -0.2) is 0 Å². The summed E-state index contributed by atoms with van der Waals surface area (Å²) in [5.41, 5.74) is 0. The van der Waals surface area contributed by atoms with Gasteiger partial charge >= 0.3 is 30.4 Å².